The number of phenolic OH excluding ortho intramolecular Hbond substituents is 4. The van der Waals surface area contributed by atoms with Gasteiger partial charge in [-0.1, -0.05) is 52.0 Å². The number of rotatable bonds is 38. The summed E-state index contributed by atoms with van der Waals surface area (Å²) in [5.74, 6) is 3.95. The highest BCUT2D eigenvalue weighted by molar-refractivity contribution is 6.17. The summed E-state index contributed by atoms with van der Waals surface area (Å²) >= 11 is 5.23. The van der Waals surface area contributed by atoms with E-state index in [1.165, 1.54) is 12.1 Å². The summed E-state index contributed by atoms with van der Waals surface area (Å²) in [5.41, 5.74) is 4.19. The highest BCUT2D eigenvalue weighted by Gasteiger charge is 2.19. The first-order valence-electron chi connectivity index (χ1n) is 25.6. The molecule has 0 fully saturated rings. The molecule has 0 aliphatic heterocycles. The minimum atomic E-state index is -0.107. The third kappa shape index (κ3) is 29.3. The lowest BCUT2D eigenvalue weighted by Gasteiger charge is -2.22. The predicted octanol–water partition coefficient (Wildman–Crippen LogP) is 6.10. The minimum absolute atomic E-state index is 0.0354. The van der Waals surface area contributed by atoms with E-state index in [0.29, 0.717) is 119 Å². The molecule has 4 atom stereocenters. The fourth-order valence-electron chi connectivity index (χ4n) is 7.24. The maximum Gasteiger partial charge on any atom is 0.161 e. The zero-order chi connectivity index (χ0) is 55.1. The van der Waals surface area contributed by atoms with Gasteiger partial charge in [0.2, 0.25) is 0 Å². The van der Waals surface area contributed by atoms with E-state index < -0.39 is 0 Å². The molecule has 0 bridgehead atoms. The first kappa shape index (κ1) is 66.3. The second-order valence-corrected chi connectivity index (χ2v) is 18.1. The summed E-state index contributed by atoms with van der Waals surface area (Å²) in [6.07, 6.45) is 3.25. The molecule has 0 aliphatic rings. The third-order valence-electron chi connectivity index (χ3n) is 11.6. The van der Waals surface area contributed by atoms with Crippen molar-refractivity contribution in [1.29, 1.82) is 0 Å². The quantitative estimate of drug-likeness (QED) is 0.0140. The zero-order valence-electron chi connectivity index (χ0n) is 44.3. The molecular weight excluding hydrogens is 996 g/mol. The number of alkyl halides is 1. The largest absolute Gasteiger partial charge is 0.504 e. The molecule has 0 heterocycles. The number of aliphatic hydroxyl groups excluding tert-OH is 5. The van der Waals surface area contributed by atoms with Crippen molar-refractivity contribution in [2.24, 2.45) is 23.7 Å². The highest BCUT2D eigenvalue weighted by atomic mass is 35.5. The van der Waals surface area contributed by atoms with Crippen molar-refractivity contribution in [3.8, 4) is 46.0 Å². The van der Waals surface area contributed by atoms with E-state index in [1.54, 1.807) is 12.1 Å². The number of benzene rings is 4. The standard InChI is InChI=1S/C34H54O12.C18H22O4.C4H9ClO2/c1-27(23-29-3-5-31(43-19-15-39-11-7-35)33(25-29)45-21-17-41-13-9-37)28(2)24-30-4-6-32(44-20-16-40-12-8-36)34(26-30)46-22-18-42-14-10-38;1-11(7-13-3-5-15(19)17(21)9-13)12(2)8-14-4-6-16(20)18(22)10-14;5-1-3-7-4-2-6/h3-6,25-28,35-38H,7-24H2,1-2H3;3-6,9-12,19-22H,7-8H2,1-2H3;6H,1-4H2/t27-,28+;11-,12+;. The van der Waals surface area contributed by atoms with Crippen LogP contribution in [-0.4, -0.2) is 177 Å². The first-order valence-corrected chi connectivity index (χ1v) is 26.1. The van der Waals surface area contributed by atoms with Gasteiger partial charge in [0, 0.05) is 5.88 Å². The average Bonchev–Trinajstić information content (AvgIpc) is 3.39. The summed E-state index contributed by atoms with van der Waals surface area (Å²) < 4.78 is 49.8. The first-order chi connectivity index (χ1) is 36.3. The van der Waals surface area contributed by atoms with Crippen molar-refractivity contribution in [1.82, 2.24) is 0 Å². The molecule has 0 aliphatic carbocycles. The molecule has 424 valence electrons. The molecule has 0 spiro atoms. The highest BCUT2D eigenvalue weighted by Crippen LogP contribution is 2.34. The van der Waals surface area contributed by atoms with E-state index in [2.05, 4.69) is 27.7 Å². The van der Waals surface area contributed by atoms with Gasteiger partial charge in [0.1, 0.15) is 26.4 Å². The van der Waals surface area contributed by atoms with Crippen LogP contribution in [-0.2, 0) is 49.4 Å². The SMILES string of the molecule is C[C@H](Cc1ccc(O)c(O)c1)[C@@H](C)Cc1ccc(O)c(O)c1.C[C@H](Cc1ccc(OCCOCCO)c(OCCOCCO)c1)[C@@H](C)Cc1ccc(OCCOCCO)c(OCCOCCO)c1.OCCOCCCl. The van der Waals surface area contributed by atoms with Crippen LogP contribution in [0, 0.1) is 23.7 Å². The lowest BCUT2D eigenvalue weighted by atomic mass is 9.85. The summed E-state index contributed by atoms with van der Waals surface area (Å²) in [7, 11) is 0. The maximum absolute atomic E-state index is 9.54. The smallest absolute Gasteiger partial charge is 0.161 e. The Bertz CT molecular complexity index is 1920. The number of halogens is 1. The normalized spacial score (nSPS) is 12.6. The van der Waals surface area contributed by atoms with E-state index in [-0.39, 0.29) is 82.5 Å². The fourth-order valence-corrected chi connectivity index (χ4v) is 7.35. The maximum atomic E-state index is 9.54. The molecule has 0 radical (unpaired) electrons. The molecule has 4 rings (SSSR count). The van der Waals surface area contributed by atoms with Crippen molar-refractivity contribution in [3.05, 3.63) is 95.1 Å². The van der Waals surface area contributed by atoms with Gasteiger partial charge < -0.3 is 88.6 Å². The Hall–Kier alpha value is -4.83. The van der Waals surface area contributed by atoms with E-state index >= 15 is 0 Å². The van der Waals surface area contributed by atoms with Crippen LogP contribution in [0.3, 0.4) is 0 Å². The Labute approximate surface area is 448 Å². The summed E-state index contributed by atoms with van der Waals surface area (Å²) in [6, 6.07) is 21.7. The van der Waals surface area contributed by atoms with Crippen LogP contribution in [0.1, 0.15) is 49.9 Å². The second kappa shape index (κ2) is 41.3. The van der Waals surface area contributed by atoms with Crippen LogP contribution in [0.4, 0.5) is 0 Å². The Morgan fingerprint density at radius 1 is 0.320 bits per heavy atom. The van der Waals surface area contributed by atoms with Gasteiger partial charge in [-0.25, -0.2) is 0 Å². The Morgan fingerprint density at radius 2 is 0.587 bits per heavy atom. The summed E-state index contributed by atoms with van der Waals surface area (Å²) in [5, 5.41) is 81.5. The number of phenols is 4. The summed E-state index contributed by atoms with van der Waals surface area (Å²) in [6.45, 7) is 13.3. The fraction of sp³-hybridized carbons (Fsp3) is 0.571. The molecule has 75 heavy (non-hydrogen) atoms. The van der Waals surface area contributed by atoms with Gasteiger partial charge in [-0.2, -0.15) is 0 Å². The van der Waals surface area contributed by atoms with Crippen LogP contribution in [0.5, 0.6) is 46.0 Å². The van der Waals surface area contributed by atoms with Gasteiger partial charge in [0.05, 0.1) is 99.1 Å². The average molecular weight is 1080 g/mol. The van der Waals surface area contributed by atoms with Crippen LogP contribution >= 0.6 is 11.6 Å². The lowest BCUT2D eigenvalue weighted by Crippen LogP contribution is -2.15. The van der Waals surface area contributed by atoms with Crippen molar-refractivity contribution in [2.75, 3.05) is 131 Å². The monoisotopic (exact) mass is 1080 g/mol. The van der Waals surface area contributed by atoms with Crippen molar-refractivity contribution < 1.29 is 88.6 Å². The molecular formula is C56H85ClO18. The molecule has 0 unspecified atom stereocenters. The molecule has 9 N–H and O–H groups in total. The topological polar surface area (TPSA) is 265 Å². The Kier molecular flexibility index (Phi) is 36.5. The number of hydrogen-bond acceptors (Lipinski definition) is 18. The van der Waals surface area contributed by atoms with Crippen LogP contribution in [0.25, 0.3) is 0 Å². The molecule has 0 amide bonds. The number of aromatic hydroxyl groups is 4. The van der Waals surface area contributed by atoms with Crippen molar-refractivity contribution in [3.63, 3.8) is 0 Å². The van der Waals surface area contributed by atoms with Crippen LogP contribution < -0.4 is 18.9 Å². The number of aliphatic hydroxyl groups is 5. The lowest BCUT2D eigenvalue weighted by molar-refractivity contribution is 0.0644. The van der Waals surface area contributed by atoms with Gasteiger partial charge in [-0.3, -0.25) is 0 Å². The van der Waals surface area contributed by atoms with Crippen LogP contribution in [0.15, 0.2) is 72.8 Å². The summed E-state index contributed by atoms with van der Waals surface area (Å²) in [4.78, 5) is 0. The van der Waals surface area contributed by atoms with Gasteiger partial charge in [0.15, 0.2) is 46.0 Å². The Balaban J connectivity index is 0.000000543. The second-order valence-electron chi connectivity index (χ2n) is 17.7. The number of hydrogen-bond donors (Lipinski definition) is 9. The molecule has 4 aromatic rings. The zero-order valence-corrected chi connectivity index (χ0v) is 45.0. The molecule has 0 saturated carbocycles. The van der Waals surface area contributed by atoms with E-state index in [9.17, 15) is 20.4 Å². The molecule has 19 heteroatoms. The third-order valence-corrected chi connectivity index (χ3v) is 11.8. The van der Waals surface area contributed by atoms with Crippen LogP contribution in [0.2, 0.25) is 0 Å². The van der Waals surface area contributed by atoms with E-state index in [0.717, 1.165) is 47.9 Å². The van der Waals surface area contributed by atoms with E-state index in [4.69, 9.17) is 79.8 Å². The van der Waals surface area contributed by atoms with Gasteiger partial charge >= 0.3 is 0 Å². The predicted molar refractivity (Wildman–Crippen MR) is 286 cm³/mol. The molecule has 0 aromatic heterocycles. The Morgan fingerprint density at radius 3 is 0.867 bits per heavy atom. The molecule has 4 aromatic carbocycles. The van der Waals surface area contributed by atoms with Crippen molar-refractivity contribution in [2.45, 2.75) is 53.4 Å². The van der Waals surface area contributed by atoms with Gasteiger partial charge in [-0.15, -0.1) is 11.6 Å². The minimum Gasteiger partial charge on any atom is -0.504 e. The molecule has 0 saturated heterocycles. The van der Waals surface area contributed by atoms with E-state index in [1.807, 2.05) is 48.5 Å². The van der Waals surface area contributed by atoms with Crippen molar-refractivity contribution >= 4 is 11.6 Å². The number of ether oxygens (including phenoxy) is 9. The van der Waals surface area contributed by atoms with Gasteiger partial charge in [0.25, 0.3) is 0 Å². The molecule has 18 nitrogen and oxygen atoms in total. The van der Waals surface area contributed by atoms with Gasteiger partial charge in [-0.05, 0) is 120 Å².